The summed E-state index contributed by atoms with van der Waals surface area (Å²) in [4.78, 5) is 25.3. The Labute approximate surface area is 153 Å². The Morgan fingerprint density at radius 3 is 2.73 bits per heavy atom. The molecule has 0 aliphatic rings. The van der Waals surface area contributed by atoms with Crippen LogP contribution in [-0.4, -0.2) is 51.4 Å². The largest absolute Gasteiger partial charge is 0.474 e. The number of aliphatic carboxylic acids is 1. The zero-order chi connectivity index (χ0) is 19.1. The molecule has 5 N–H and O–H groups in total. The molecule has 13 heteroatoms. The van der Waals surface area contributed by atoms with Gasteiger partial charge in [0, 0.05) is 13.1 Å². The van der Waals surface area contributed by atoms with Crippen LogP contribution in [0.5, 0.6) is 0 Å². The molecule has 0 aliphatic carbocycles. The van der Waals surface area contributed by atoms with Crippen LogP contribution in [0.15, 0.2) is 32.3 Å². The molecule has 2 rings (SSSR count). The van der Waals surface area contributed by atoms with Gasteiger partial charge < -0.3 is 15.7 Å². The molecule has 138 valence electrons. The van der Waals surface area contributed by atoms with Crippen LogP contribution in [-0.2, 0) is 9.59 Å². The standard InChI is InChI=1S/C13H12BrFN6O5/c14-7-5-6(1-2-8(7)15)18-11(19-25)9-10(21-26-20-9)16-3-4-17-12(22)13(23)24/h1-2,5,25H,3-4H2,(H,16,21)(H,17,22)(H,18,19)(H,23,24). The minimum atomic E-state index is -1.60. The highest BCUT2D eigenvalue weighted by Gasteiger charge is 2.17. The number of benzene rings is 1. The lowest BCUT2D eigenvalue weighted by Crippen LogP contribution is -2.34. The maximum absolute atomic E-state index is 13.3. The molecule has 0 fully saturated rings. The first-order valence-corrected chi connectivity index (χ1v) is 7.73. The fraction of sp³-hybridized carbons (Fsp3) is 0.154. The van der Waals surface area contributed by atoms with Gasteiger partial charge in [0.25, 0.3) is 0 Å². The minimum absolute atomic E-state index is 0.0116. The van der Waals surface area contributed by atoms with Crippen LogP contribution in [0.25, 0.3) is 0 Å². The van der Waals surface area contributed by atoms with E-state index in [0.717, 1.165) is 0 Å². The topological polar surface area (TPSA) is 162 Å². The van der Waals surface area contributed by atoms with Gasteiger partial charge in [-0.25, -0.2) is 18.8 Å². The van der Waals surface area contributed by atoms with Gasteiger partial charge in [0.2, 0.25) is 5.82 Å². The molecule has 1 amide bonds. The highest BCUT2D eigenvalue weighted by atomic mass is 79.9. The van der Waals surface area contributed by atoms with Crippen LogP contribution in [0, 0.1) is 5.82 Å². The zero-order valence-electron chi connectivity index (χ0n) is 12.9. The van der Waals surface area contributed by atoms with Crippen molar-refractivity contribution in [3.8, 4) is 0 Å². The van der Waals surface area contributed by atoms with Gasteiger partial charge in [-0.2, -0.15) is 0 Å². The summed E-state index contributed by atoms with van der Waals surface area (Å²) in [6.07, 6.45) is 0. The van der Waals surface area contributed by atoms with Gasteiger partial charge in [-0.1, -0.05) is 0 Å². The molecule has 1 aromatic carbocycles. The third-order valence-corrected chi connectivity index (χ3v) is 3.47. The number of hydroxylamine groups is 1. The summed E-state index contributed by atoms with van der Waals surface area (Å²) in [5.74, 6) is -3.28. The van der Waals surface area contributed by atoms with Gasteiger partial charge >= 0.3 is 11.9 Å². The van der Waals surface area contributed by atoms with Crippen LogP contribution >= 0.6 is 15.9 Å². The molecule has 0 unspecified atom stereocenters. The number of hydrogen-bond acceptors (Lipinski definition) is 8. The number of amides is 1. The molecular weight excluding hydrogens is 419 g/mol. The number of aliphatic imine (C=N–C) groups is 1. The summed E-state index contributed by atoms with van der Waals surface area (Å²) in [5.41, 5.74) is 2.16. The van der Waals surface area contributed by atoms with Gasteiger partial charge in [-0.3, -0.25) is 15.5 Å². The molecule has 0 bridgehead atoms. The van der Waals surface area contributed by atoms with Crippen molar-refractivity contribution in [1.82, 2.24) is 21.1 Å². The molecule has 1 heterocycles. The SMILES string of the molecule is O=C(O)C(=O)NCCNc1nonc1C(=Nc1ccc(F)c(Br)c1)NO. The second kappa shape index (κ2) is 8.87. The van der Waals surface area contributed by atoms with Crippen molar-refractivity contribution < 1.29 is 28.9 Å². The fourth-order valence-electron chi connectivity index (χ4n) is 1.71. The molecular formula is C13H12BrFN6O5. The lowest BCUT2D eigenvalue weighted by atomic mass is 10.3. The van der Waals surface area contributed by atoms with Crippen LogP contribution in [0.3, 0.4) is 0 Å². The zero-order valence-corrected chi connectivity index (χ0v) is 14.4. The van der Waals surface area contributed by atoms with Crippen molar-refractivity contribution in [3.63, 3.8) is 0 Å². The summed E-state index contributed by atoms with van der Waals surface area (Å²) in [6, 6.07) is 3.94. The smallest absolute Gasteiger partial charge is 0.394 e. The van der Waals surface area contributed by atoms with E-state index in [2.05, 4.69) is 46.5 Å². The third-order valence-electron chi connectivity index (χ3n) is 2.86. The van der Waals surface area contributed by atoms with E-state index in [-0.39, 0.29) is 34.9 Å². The van der Waals surface area contributed by atoms with Gasteiger partial charge in [-0.05, 0) is 44.4 Å². The van der Waals surface area contributed by atoms with Crippen molar-refractivity contribution in [3.05, 3.63) is 34.2 Å². The third kappa shape index (κ3) is 4.97. The Bertz CT molecular complexity index is 842. The van der Waals surface area contributed by atoms with Gasteiger partial charge in [0.1, 0.15) is 5.82 Å². The Morgan fingerprint density at radius 1 is 1.31 bits per heavy atom. The monoisotopic (exact) mass is 430 g/mol. The lowest BCUT2D eigenvalue weighted by molar-refractivity contribution is -0.150. The van der Waals surface area contributed by atoms with E-state index in [1.807, 2.05) is 5.48 Å². The normalized spacial score (nSPS) is 11.1. The predicted molar refractivity (Wildman–Crippen MR) is 88.7 cm³/mol. The molecule has 1 aromatic heterocycles. The van der Waals surface area contributed by atoms with E-state index < -0.39 is 17.7 Å². The summed E-state index contributed by atoms with van der Waals surface area (Å²) >= 11 is 3.02. The quantitative estimate of drug-likeness (QED) is 0.145. The van der Waals surface area contributed by atoms with Crippen molar-refractivity contribution in [2.75, 3.05) is 18.4 Å². The summed E-state index contributed by atoms with van der Waals surface area (Å²) in [7, 11) is 0. The summed E-state index contributed by atoms with van der Waals surface area (Å²) in [6.45, 7) is 0.0857. The number of carbonyl (C=O) groups is 2. The van der Waals surface area contributed by atoms with Crippen molar-refractivity contribution in [2.24, 2.45) is 4.99 Å². The molecule has 0 saturated carbocycles. The van der Waals surface area contributed by atoms with Crippen LogP contribution in [0.2, 0.25) is 0 Å². The Kier molecular flexibility index (Phi) is 6.57. The van der Waals surface area contributed by atoms with E-state index in [4.69, 9.17) is 5.11 Å². The first-order chi connectivity index (χ1) is 12.4. The van der Waals surface area contributed by atoms with E-state index in [0.29, 0.717) is 5.69 Å². The highest BCUT2D eigenvalue weighted by molar-refractivity contribution is 9.10. The van der Waals surface area contributed by atoms with Crippen molar-refractivity contribution >= 4 is 45.1 Å². The molecule has 26 heavy (non-hydrogen) atoms. The van der Waals surface area contributed by atoms with Crippen LogP contribution in [0.4, 0.5) is 15.9 Å². The number of rotatable bonds is 6. The second-order valence-electron chi connectivity index (χ2n) is 4.62. The Balaban J connectivity index is 2.08. The number of halogens is 2. The van der Waals surface area contributed by atoms with E-state index in [1.54, 1.807) is 0 Å². The fourth-order valence-corrected chi connectivity index (χ4v) is 2.07. The average Bonchev–Trinajstić information content (AvgIpc) is 3.07. The first-order valence-electron chi connectivity index (χ1n) is 6.94. The lowest BCUT2D eigenvalue weighted by Gasteiger charge is -2.06. The first kappa shape index (κ1) is 19.3. The maximum Gasteiger partial charge on any atom is 0.394 e. The van der Waals surface area contributed by atoms with Crippen LogP contribution in [0.1, 0.15) is 5.69 Å². The number of carbonyl (C=O) groups excluding carboxylic acids is 1. The molecule has 0 spiro atoms. The molecule has 0 saturated heterocycles. The molecule has 0 radical (unpaired) electrons. The number of carboxylic acid groups (broad SMARTS) is 1. The average molecular weight is 431 g/mol. The van der Waals surface area contributed by atoms with Gasteiger partial charge in [0.05, 0.1) is 10.2 Å². The Morgan fingerprint density at radius 2 is 2.08 bits per heavy atom. The number of carboxylic acids is 1. The van der Waals surface area contributed by atoms with E-state index >= 15 is 0 Å². The van der Waals surface area contributed by atoms with Crippen LogP contribution < -0.4 is 16.1 Å². The summed E-state index contributed by atoms with van der Waals surface area (Å²) in [5, 5.41) is 29.8. The maximum atomic E-state index is 13.3. The predicted octanol–water partition coefficient (Wildman–Crippen LogP) is 0.641. The molecule has 0 aliphatic heterocycles. The number of nitrogens with one attached hydrogen (secondary N) is 3. The van der Waals surface area contributed by atoms with Crippen molar-refractivity contribution in [1.29, 1.82) is 0 Å². The van der Waals surface area contributed by atoms with Gasteiger partial charge in [-0.15, -0.1) is 0 Å². The number of amidine groups is 1. The highest BCUT2D eigenvalue weighted by Crippen LogP contribution is 2.23. The van der Waals surface area contributed by atoms with Gasteiger partial charge in [0.15, 0.2) is 11.5 Å². The number of nitrogens with zero attached hydrogens (tertiary/aromatic N) is 3. The number of anilines is 1. The second-order valence-corrected chi connectivity index (χ2v) is 5.47. The number of aromatic nitrogens is 2. The number of hydrogen-bond donors (Lipinski definition) is 5. The van der Waals surface area contributed by atoms with Crippen molar-refractivity contribution in [2.45, 2.75) is 0 Å². The minimum Gasteiger partial charge on any atom is -0.474 e. The van der Waals surface area contributed by atoms with E-state index in [1.165, 1.54) is 18.2 Å². The molecule has 11 nitrogen and oxygen atoms in total. The molecule has 2 aromatic rings. The summed E-state index contributed by atoms with van der Waals surface area (Å²) < 4.78 is 18.0. The van der Waals surface area contributed by atoms with E-state index in [9.17, 15) is 19.2 Å². The molecule has 0 atom stereocenters. The Hall–Kier alpha value is -3.06.